The number of carbonyl (C=O) groups excluding carboxylic acids is 1. The van der Waals surface area contributed by atoms with Crippen molar-refractivity contribution in [1.29, 1.82) is 0 Å². The Bertz CT molecular complexity index is 1010. The molecular weight excluding hydrogens is 378 g/mol. The molecule has 1 aliphatic heterocycles. The Labute approximate surface area is 166 Å². The fourth-order valence-electron chi connectivity index (χ4n) is 3.35. The summed E-state index contributed by atoms with van der Waals surface area (Å²) in [6, 6.07) is 12.1. The molecule has 0 aliphatic carbocycles. The summed E-state index contributed by atoms with van der Waals surface area (Å²) in [7, 11) is 2.01. The molecule has 27 heavy (non-hydrogen) atoms. The van der Waals surface area contributed by atoms with E-state index in [0.29, 0.717) is 11.1 Å². The number of thioether (sulfide) groups is 1. The predicted octanol–water partition coefficient (Wildman–Crippen LogP) is 4.77. The van der Waals surface area contributed by atoms with Crippen LogP contribution in [0.3, 0.4) is 0 Å². The normalized spacial score (nSPS) is 16.7. The van der Waals surface area contributed by atoms with Crippen molar-refractivity contribution in [2.45, 2.75) is 24.5 Å². The van der Waals surface area contributed by atoms with Crippen LogP contribution in [0.25, 0.3) is 10.8 Å². The van der Waals surface area contributed by atoms with Crippen molar-refractivity contribution in [2.24, 2.45) is 0 Å². The van der Waals surface area contributed by atoms with Crippen LogP contribution in [0.2, 0.25) is 0 Å². The summed E-state index contributed by atoms with van der Waals surface area (Å²) in [5.74, 6) is 0.777. The first-order valence-electron chi connectivity index (χ1n) is 8.55. The molecule has 0 N–H and O–H groups in total. The minimum Gasteiger partial charge on any atom is -0.410 e. The Hall–Kier alpha value is -2.38. The summed E-state index contributed by atoms with van der Waals surface area (Å²) >= 11 is 2.81. The average molecular weight is 398 g/mol. The number of benzene rings is 1. The van der Waals surface area contributed by atoms with Crippen molar-refractivity contribution in [3.63, 3.8) is 0 Å². The molecule has 1 aliphatic rings. The summed E-state index contributed by atoms with van der Waals surface area (Å²) in [6.07, 6.45) is 1.74. The smallest absolute Gasteiger partial charge is 0.277 e. The van der Waals surface area contributed by atoms with Crippen LogP contribution in [0.1, 0.15) is 19.4 Å². The molecule has 4 rings (SSSR count). The molecule has 3 aromatic rings. The van der Waals surface area contributed by atoms with E-state index >= 15 is 0 Å². The number of thiophene rings is 1. The van der Waals surface area contributed by atoms with Crippen molar-refractivity contribution in [3.05, 3.63) is 59.1 Å². The maximum Gasteiger partial charge on any atom is 0.277 e. The molecule has 0 unspecified atom stereocenters. The van der Waals surface area contributed by atoms with Crippen LogP contribution < -0.4 is 4.90 Å². The number of allylic oxidation sites excluding steroid dienone is 2. The number of likely N-dealkylation sites (N-methyl/N-ethyl adjacent to an activating group) is 1. The third-order valence-corrected chi connectivity index (χ3v) is 6.41. The Kier molecular flexibility index (Phi) is 4.65. The minimum atomic E-state index is -0.206. The Morgan fingerprint density at radius 1 is 1.26 bits per heavy atom. The molecule has 7 heteroatoms. The molecule has 3 heterocycles. The SMILES string of the molecule is CN1/C(=C\C(=O)CSc2nnc(-c3cccs3)o2)C(C)(C)c2ccccc21. The molecular formula is C20H19N3O2S2. The van der Waals surface area contributed by atoms with Gasteiger partial charge in [-0.15, -0.1) is 21.5 Å². The van der Waals surface area contributed by atoms with Crippen molar-refractivity contribution < 1.29 is 9.21 Å². The van der Waals surface area contributed by atoms with E-state index in [-0.39, 0.29) is 17.0 Å². The van der Waals surface area contributed by atoms with Gasteiger partial charge in [0.15, 0.2) is 5.78 Å². The lowest BCUT2D eigenvalue weighted by Crippen LogP contribution is -2.24. The van der Waals surface area contributed by atoms with Gasteiger partial charge in [-0.25, -0.2) is 0 Å². The molecule has 5 nitrogen and oxygen atoms in total. The highest BCUT2D eigenvalue weighted by atomic mass is 32.2. The second kappa shape index (κ2) is 6.98. The number of rotatable bonds is 5. The van der Waals surface area contributed by atoms with Crippen LogP contribution >= 0.6 is 23.1 Å². The fraction of sp³-hybridized carbons (Fsp3) is 0.250. The third kappa shape index (κ3) is 3.33. The first-order valence-corrected chi connectivity index (χ1v) is 10.4. The molecule has 0 fully saturated rings. The highest BCUT2D eigenvalue weighted by Gasteiger charge is 2.38. The van der Waals surface area contributed by atoms with Crippen LogP contribution in [0, 0.1) is 0 Å². The van der Waals surface area contributed by atoms with Crippen LogP contribution in [0.4, 0.5) is 5.69 Å². The van der Waals surface area contributed by atoms with Gasteiger partial charge in [-0.05, 0) is 23.1 Å². The van der Waals surface area contributed by atoms with Crippen molar-refractivity contribution in [2.75, 3.05) is 17.7 Å². The van der Waals surface area contributed by atoms with Gasteiger partial charge < -0.3 is 9.32 Å². The van der Waals surface area contributed by atoms with Gasteiger partial charge in [0.05, 0.1) is 10.6 Å². The topological polar surface area (TPSA) is 59.2 Å². The quantitative estimate of drug-likeness (QED) is 0.456. The zero-order valence-corrected chi connectivity index (χ0v) is 16.9. The highest BCUT2D eigenvalue weighted by Crippen LogP contribution is 2.46. The first-order chi connectivity index (χ1) is 13.0. The van der Waals surface area contributed by atoms with Gasteiger partial charge in [-0.1, -0.05) is 49.9 Å². The van der Waals surface area contributed by atoms with Gasteiger partial charge in [0.1, 0.15) is 0 Å². The number of hydrogen-bond acceptors (Lipinski definition) is 7. The zero-order chi connectivity index (χ0) is 19.0. The van der Waals surface area contributed by atoms with Crippen molar-refractivity contribution >= 4 is 34.6 Å². The second-order valence-corrected chi connectivity index (χ2v) is 8.71. The van der Waals surface area contributed by atoms with Gasteiger partial charge >= 0.3 is 0 Å². The van der Waals surface area contributed by atoms with E-state index in [1.54, 1.807) is 17.4 Å². The number of fused-ring (bicyclic) bond motifs is 1. The Morgan fingerprint density at radius 3 is 2.81 bits per heavy atom. The van der Waals surface area contributed by atoms with E-state index in [9.17, 15) is 4.79 Å². The molecule has 0 saturated heterocycles. The number of carbonyl (C=O) groups is 1. The molecule has 138 valence electrons. The Morgan fingerprint density at radius 2 is 2.07 bits per heavy atom. The number of aromatic nitrogens is 2. The number of nitrogens with zero attached hydrogens (tertiary/aromatic N) is 3. The van der Waals surface area contributed by atoms with E-state index in [1.165, 1.54) is 17.3 Å². The lowest BCUT2D eigenvalue weighted by Gasteiger charge is -2.23. The number of ketones is 1. The molecule has 0 radical (unpaired) electrons. The van der Waals surface area contributed by atoms with E-state index in [0.717, 1.165) is 16.3 Å². The molecule has 0 amide bonds. The van der Waals surface area contributed by atoms with Crippen LogP contribution in [0.5, 0.6) is 0 Å². The number of para-hydroxylation sites is 1. The standard InChI is InChI=1S/C20H19N3O2S2/c1-20(2)14-7-4-5-8-15(14)23(3)17(20)11-13(24)12-27-19-22-21-18(25-19)16-9-6-10-26-16/h4-11H,12H2,1-3H3/b17-11-. The van der Waals surface area contributed by atoms with Gasteiger partial charge in [0.2, 0.25) is 0 Å². The summed E-state index contributed by atoms with van der Waals surface area (Å²) in [6.45, 7) is 4.29. The molecule has 0 atom stereocenters. The average Bonchev–Trinajstić information content (AvgIpc) is 3.37. The third-order valence-electron chi connectivity index (χ3n) is 4.71. The van der Waals surface area contributed by atoms with Gasteiger partial charge in [0.25, 0.3) is 11.1 Å². The van der Waals surface area contributed by atoms with Crippen molar-refractivity contribution in [1.82, 2.24) is 10.2 Å². The summed E-state index contributed by atoms with van der Waals surface area (Å²) in [5.41, 5.74) is 3.17. The van der Waals surface area contributed by atoms with Crippen molar-refractivity contribution in [3.8, 4) is 10.8 Å². The van der Waals surface area contributed by atoms with E-state index in [2.05, 4.69) is 41.1 Å². The maximum absolute atomic E-state index is 12.6. The van der Waals surface area contributed by atoms with E-state index in [1.807, 2.05) is 36.7 Å². The maximum atomic E-state index is 12.6. The monoisotopic (exact) mass is 397 g/mol. The first kappa shape index (κ1) is 18.0. The number of hydrogen-bond donors (Lipinski definition) is 0. The molecule has 1 aromatic carbocycles. The highest BCUT2D eigenvalue weighted by molar-refractivity contribution is 7.99. The minimum absolute atomic E-state index is 0.0265. The van der Waals surface area contributed by atoms with Gasteiger partial charge in [-0.3, -0.25) is 4.79 Å². The van der Waals surface area contributed by atoms with Gasteiger partial charge in [0, 0.05) is 29.9 Å². The van der Waals surface area contributed by atoms with Crippen LogP contribution in [-0.2, 0) is 10.2 Å². The lowest BCUT2D eigenvalue weighted by molar-refractivity contribution is -0.112. The van der Waals surface area contributed by atoms with E-state index < -0.39 is 0 Å². The lowest BCUT2D eigenvalue weighted by atomic mass is 9.83. The predicted molar refractivity (Wildman–Crippen MR) is 109 cm³/mol. The summed E-state index contributed by atoms with van der Waals surface area (Å²) in [4.78, 5) is 15.6. The molecule has 0 spiro atoms. The van der Waals surface area contributed by atoms with Gasteiger partial charge in [-0.2, -0.15) is 0 Å². The largest absolute Gasteiger partial charge is 0.410 e. The summed E-state index contributed by atoms with van der Waals surface area (Å²) < 4.78 is 5.63. The number of anilines is 1. The molecule has 0 bridgehead atoms. The Balaban J connectivity index is 1.47. The molecule has 2 aromatic heterocycles. The van der Waals surface area contributed by atoms with Crippen LogP contribution in [-0.4, -0.2) is 28.8 Å². The fourth-order valence-corrected chi connectivity index (χ4v) is 4.58. The van der Waals surface area contributed by atoms with Crippen LogP contribution in [0.15, 0.2) is 63.2 Å². The molecule has 0 saturated carbocycles. The van der Waals surface area contributed by atoms with E-state index in [4.69, 9.17) is 4.42 Å². The summed E-state index contributed by atoms with van der Waals surface area (Å²) in [5, 5.41) is 10.4. The zero-order valence-electron chi connectivity index (χ0n) is 15.3. The second-order valence-electron chi connectivity index (χ2n) is 6.84.